The van der Waals surface area contributed by atoms with E-state index in [1.165, 1.54) is 58.2 Å². The van der Waals surface area contributed by atoms with Crippen LogP contribution in [0.4, 0.5) is 0 Å². The number of rotatable bonds is 6. The average Bonchev–Trinajstić information content (AvgIpc) is 2.40. The van der Waals surface area contributed by atoms with Gasteiger partial charge in [0.15, 0.2) is 0 Å². The molecule has 1 saturated heterocycles. The third-order valence-electron chi connectivity index (χ3n) is 4.82. The van der Waals surface area contributed by atoms with Crippen LogP contribution in [0.3, 0.4) is 0 Å². The highest BCUT2D eigenvalue weighted by Gasteiger charge is 2.31. The molecule has 1 aliphatic heterocycles. The summed E-state index contributed by atoms with van der Waals surface area (Å²) < 4.78 is 0. The van der Waals surface area contributed by atoms with E-state index in [1.54, 1.807) is 0 Å². The van der Waals surface area contributed by atoms with Crippen LogP contribution in [0.25, 0.3) is 0 Å². The molecule has 0 aromatic rings. The molecule has 0 unspecified atom stereocenters. The second-order valence-electron chi connectivity index (χ2n) is 6.71. The molecule has 0 spiro atoms. The van der Waals surface area contributed by atoms with Crippen LogP contribution >= 0.6 is 0 Å². The van der Waals surface area contributed by atoms with Crippen molar-refractivity contribution < 1.29 is 5.11 Å². The van der Waals surface area contributed by atoms with Gasteiger partial charge in [0.2, 0.25) is 0 Å². The van der Waals surface area contributed by atoms with Gasteiger partial charge in [-0.3, -0.25) is 0 Å². The van der Waals surface area contributed by atoms with Crippen LogP contribution in [0, 0.1) is 5.92 Å². The smallest absolute Gasteiger partial charge is 0.0774 e. The summed E-state index contributed by atoms with van der Waals surface area (Å²) in [6.07, 6.45) is 9.56. The molecule has 2 N–H and O–H groups in total. The molecule has 0 atom stereocenters. The number of aliphatic hydroxyl groups is 1. The molecule has 2 aliphatic rings. The quantitative estimate of drug-likeness (QED) is 0.776. The molecule has 1 heterocycles. The summed E-state index contributed by atoms with van der Waals surface area (Å²) >= 11 is 0. The second kappa shape index (κ2) is 7.61. The van der Waals surface area contributed by atoms with Gasteiger partial charge in [-0.2, -0.15) is 0 Å². The Morgan fingerprint density at radius 2 is 1.84 bits per heavy atom. The Morgan fingerprint density at radius 1 is 1.16 bits per heavy atom. The van der Waals surface area contributed by atoms with Crippen molar-refractivity contribution in [1.29, 1.82) is 0 Å². The highest BCUT2D eigenvalue weighted by atomic mass is 16.3. The average molecular weight is 268 g/mol. The van der Waals surface area contributed by atoms with Crippen LogP contribution < -0.4 is 5.32 Å². The van der Waals surface area contributed by atoms with Crippen molar-refractivity contribution in [3.63, 3.8) is 0 Å². The SMILES string of the molecule is CCCN(CC1CCNCC1)CC1(O)CCCCC1. The molecule has 1 aliphatic carbocycles. The minimum Gasteiger partial charge on any atom is -0.389 e. The molecule has 2 fully saturated rings. The van der Waals surface area contributed by atoms with Gasteiger partial charge in [-0.05, 0) is 57.7 Å². The Labute approximate surface area is 118 Å². The monoisotopic (exact) mass is 268 g/mol. The minimum absolute atomic E-state index is 0.389. The van der Waals surface area contributed by atoms with Crippen LogP contribution in [-0.2, 0) is 0 Å². The number of nitrogens with one attached hydrogen (secondary N) is 1. The summed E-state index contributed by atoms with van der Waals surface area (Å²) in [4.78, 5) is 2.54. The van der Waals surface area contributed by atoms with E-state index in [0.717, 1.165) is 31.8 Å². The first-order chi connectivity index (χ1) is 9.22. The van der Waals surface area contributed by atoms with E-state index in [9.17, 15) is 5.11 Å². The van der Waals surface area contributed by atoms with Crippen LogP contribution in [0.2, 0.25) is 0 Å². The molecule has 0 radical (unpaired) electrons. The minimum atomic E-state index is -0.389. The Hall–Kier alpha value is -0.120. The largest absolute Gasteiger partial charge is 0.389 e. The standard InChI is InChI=1S/C16H32N2O/c1-2-12-18(13-15-6-10-17-11-7-15)14-16(19)8-4-3-5-9-16/h15,17,19H,2-14H2,1H3. The van der Waals surface area contributed by atoms with E-state index >= 15 is 0 Å². The maximum absolute atomic E-state index is 10.7. The van der Waals surface area contributed by atoms with Crippen LogP contribution in [0.5, 0.6) is 0 Å². The van der Waals surface area contributed by atoms with Crippen molar-refractivity contribution in [2.24, 2.45) is 5.92 Å². The molecule has 1 saturated carbocycles. The van der Waals surface area contributed by atoms with Gasteiger partial charge in [0.25, 0.3) is 0 Å². The molecule has 2 rings (SSSR count). The fraction of sp³-hybridized carbons (Fsp3) is 1.00. The summed E-state index contributed by atoms with van der Waals surface area (Å²) in [6.45, 7) is 7.85. The summed E-state index contributed by atoms with van der Waals surface area (Å²) in [5.74, 6) is 0.833. The number of hydrogen-bond donors (Lipinski definition) is 2. The lowest BCUT2D eigenvalue weighted by molar-refractivity contribution is -0.0299. The Kier molecular flexibility index (Phi) is 6.11. The van der Waals surface area contributed by atoms with Crippen LogP contribution in [-0.4, -0.2) is 48.3 Å². The number of hydrogen-bond acceptors (Lipinski definition) is 3. The Morgan fingerprint density at radius 3 is 2.47 bits per heavy atom. The first-order valence-corrected chi connectivity index (χ1v) is 8.37. The zero-order valence-electron chi connectivity index (χ0n) is 12.7. The van der Waals surface area contributed by atoms with E-state index in [1.807, 2.05) is 0 Å². The van der Waals surface area contributed by atoms with E-state index < -0.39 is 0 Å². The first kappa shape index (κ1) is 15.3. The Bertz CT molecular complexity index is 245. The van der Waals surface area contributed by atoms with Crippen molar-refractivity contribution in [3.05, 3.63) is 0 Å². The molecule has 0 bridgehead atoms. The molecule has 19 heavy (non-hydrogen) atoms. The molecular weight excluding hydrogens is 236 g/mol. The lowest BCUT2D eigenvalue weighted by Gasteiger charge is -2.38. The van der Waals surface area contributed by atoms with Gasteiger partial charge in [-0.1, -0.05) is 26.2 Å². The van der Waals surface area contributed by atoms with E-state index in [-0.39, 0.29) is 5.60 Å². The van der Waals surface area contributed by atoms with Crippen molar-refractivity contribution in [2.45, 2.75) is 63.9 Å². The first-order valence-electron chi connectivity index (χ1n) is 8.37. The highest BCUT2D eigenvalue weighted by molar-refractivity contribution is 4.86. The van der Waals surface area contributed by atoms with E-state index in [4.69, 9.17) is 0 Å². The molecular formula is C16H32N2O. The molecule has 112 valence electrons. The van der Waals surface area contributed by atoms with Crippen LogP contribution in [0.1, 0.15) is 58.3 Å². The summed E-state index contributed by atoms with van der Waals surface area (Å²) in [5.41, 5.74) is -0.389. The molecule has 3 heteroatoms. The van der Waals surface area contributed by atoms with Gasteiger partial charge in [-0.15, -0.1) is 0 Å². The molecule has 0 aromatic heterocycles. The van der Waals surface area contributed by atoms with Crippen molar-refractivity contribution in [1.82, 2.24) is 10.2 Å². The van der Waals surface area contributed by atoms with Gasteiger partial charge in [-0.25, -0.2) is 0 Å². The lowest BCUT2D eigenvalue weighted by atomic mass is 9.84. The fourth-order valence-corrected chi connectivity index (χ4v) is 3.76. The number of piperidine rings is 1. The van der Waals surface area contributed by atoms with Gasteiger partial charge in [0, 0.05) is 13.1 Å². The zero-order valence-corrected chi connectivity index (χ0v) is 12.7. The van der Waals surface area contributed by atoms with E-state index in [0.29, 0.717) is 0 Å². The van der Waals surface area contributed by atoms with Gasteiger partial charge in [0.1, 0.15) is 0 Å². The van der Waals surface area contributed by atoms with Gasteiger partial charge >= 0.3 is 0 Å². The molecule has 3 nitrogen and oxygen atoms in total. The number of nitrogens with zero attached hydrogens (tertiary/aromatic N) is 1. The molecule has 0 amide bonds. The normalized spacial score (nSPS) is 24.8. The summed E-state index contributed by atoms with van der Waals surface area (Å²) in [7, 11) is 0. The fourth-order valence-electron chi connectivity index (χ4n) is 3.76. The predicted molar refractivity (Wildman–Crippen MR) is 80.4 cm³/mol. The summed E-state index contributed by atoms with van der Waals surface area (Å²) in [6, 6.07) is 0. The maximum atomic E-state index is 10.7. The molecule has 0 aromatic carbocycles. The third kappa shape index (κ3) is 5.05. The van der Waals surface area contributed by atoms with Crippen molar-refractivity contribution >= 4 is 0 Å². The maximum Gasteiger partial charge on any atom is 0.0774 e. The lowest BCUT2D eigenvalue weighted by Crippen LogP contribution is -2.47. The third-order valence-corrected chi connectivity index (χ3v) is 4.82. The van der Waals surface area contributed by atoms with Crippen molar-refractivity contribution in [3.8, 4) is 0 Å². The van der Waals surface area contributed by atoms with Gasteiger partial charge < -0.3 is 15.3 Å². The van der Waals surface area contributed by atoms with Gasteiger partial charge in [0.05, 0.1) is 5.60 Å². The van der Waals surface area contributed by atoms with Crippen LogP contribution in [0.15, 0.2) is 0 Å². The van der Waals surface area contributed by atoms with Crippen molar-refractivity contribution in [2.75, 3.05) is 32.7 Å². The zero-order chi connectivity index (χ0) is 13.6. The predicted octanol–water partition coefficient (Wildman–Crippen LogP) is 2.39. The highest BCUT2D eigenvalue weighted by Crippen LogP contribution is 2.29. The second-order valence-corrected chi connectivity index (χ2v) is 6.71. The Balaban J connectivity index is 1.83. The summed E-state index contributed by atoms with van der Waals surface area (Å²) in [5, 5.41) is 14.2. The topological polar surface area (TPSA) is 35.5 Å². The van der Waals surface area contributed by atoms with E-state index in [2.05, 4.69) is 17.1 Å².